The number of benzene rings is 4. The van der Waals surface area contributed by atoms with Gasteiger partial charge in [-0.25, -0.2) is 19.2 Å². The van der Waals surface area contributed by atoms with Crippen molar-refractivity contribution in [1.82, 2.24) is 0 Å². The molecule has 4 rings (SSSR count). The quantitative estimate of drug-likeness (QED) is 0.143. The van der Waals surface area contributed by atoms with Crippen molar-refractivity contribution < 1.29 is 59.7 Å². The van der Waals surface area contributed by atoms with Gasteiger partial charge in [-0.3, -0.25) is 0 Å². The van der Waals surface area contributed by atoms with Crippen molar-refractivity contribution in [3.8, 4) is 39.9 Å². The summed E-state index contributed by atoms with van der Waals surface area (Å²) in [5, 5.41) is 68.4. The van der Waals surface area contributed by atoms with Crippen LogP contribution in [-0.2, 0) is 0 Å². The number of aromatic hydroxyl groups is 4. The Labute approximate surface area is 211 Å². The fraction of sp³-hybridized carbons (Fsp3) is 0. The predicted molar refractivity (Wildman–Crippen MR) is 128 cm³/mol. The van der Waals surface area contributed by atoms with Gasteiger partial charge in [0.1, 0.15) is 51.0 Å². The number of rotatable bonds is 6. The molecule has 0 atom stereocenters. The lowest BCUT2D eigenvalue weighted by Gasteiger charge is -2.14. The number of carbonyl (C=O) groups is 4. The van der Waals surface area contributed by atoms with Gasteiger partial charge in [0, 0.05) is 10.8 Å². The Morgan fingerprint density at radius 3 is 1.66 bits per heavy atom. The van der Waals surface area contributed by atoms with Gasteiger partial charge in [0.15, 0.2) is 0 Å². The molecule has 4 aromatic carbocycles. The van der Waals surface area contributed by atoms with Crippen LogP contribution in [0.2, 0.25) is 0 Å². The van der Waals surface area contributed by atoms with Crippen LogP contribution in [0.1, 0.15) is 41.4 Å². The molecule has 0 saturated carbocycles. The Kier molecular flexibility index (Phi) is 6.23. The number of esters is 1. The Hall–Kier alpha value is -5.78. The van der Waals surface area contributed by atoms with E-state index in [2.05, 4.69) is 0 Å². The van der Waals surface area contributed by atoms with Crippen LogP contribution in [0.25, 0.3) is 21.9 Å². The number of fused-ring (bicyclic) bond motifs is 1. The highest BCUT2D eigenvalue weighted by atomic mass is 16.5. The fourth-order valence-electron chi connectivity index (χ4n) is 3.80. The molecule has 0 aliphatic heterocycles. The molecule has 0 spiro atoms. The third-order valence-corrected chi connectivity index (χ3v) is 5.65. The molecule has 0 heterocycles. The first kappa shape index (κ1) is 25.3. The van der Waals surface area contributed by atoms with Crippen LogP contribution in [0.3, 0.4) is 0 Å². The maximum Gasteiger partial charge on any atom is 0.347 e. The molecule has 12 heteroatoms. The molecular formula is C26H16O12. The van der Waals surface area contributed by atoms with Crippen molar-refractivity contribution in [1.29, 1.82) is 0 Å². The average Bonchev–Trinajstić information content (AvgIpc) is 2.84. The number of hydrogen-bond acceptors (Lipinski definition) is 9. The van der Waals surface area contributed by atoms with Crippen molar-refractivity contribution in [2.45, 2.75) is 0 Å². The Morgan fingerprint density at radius 1 is 0.553 bits per heavy atom. The summed E-state index contributed by atoms with van der Waals surface area (Å²) in [7, 11) is 0. The molecule has 0 saturated heterocycles. The van der Waals surface area contributed by atoms with Gasteiger partial charge < -0.3 is 40.5 Å². The lowest BCUT2D eigenvalue weighted by Crippen LogP contribution is -2.12. The van der Waals surface area contributed by atoms with E-state index < -0.39 is 74.9 Å². The fourth-order valence-corrected chi connectivity index (χ4v) is 3.80. The molecule has 0 bridgehead atoms. The summed E-state index contributed by atoms with van der Waals surface area (Å²) in [6.07, 6.45) is 0. The van der Waals surface area contributed by atoms with E-state index in [4.69, 9.17) is 4.74 Å². The summed E-state index contributed by atoms with van der Waals surface area (Å²) >= 11 is 0. The molecule has 0 fully saturated rings. The summed E-state index contributed by atoms with van der Waals surface area (Å²) in [6.45, 7) is 0. The second kappa shape index (κ2) is 9.35. The van der Waals surface area contributed by atoms with Crippen LogP contribution in [0.4, 0.5) is 0 Å². The highest BCUT2D eigenvalue weighted by molar-refractivity contribution is 6.09. The Balaban J connectivity index is 1.82. The van der Waals surface area contributed by atoms with Gasteiger partial charge in [-0.15, -0.1) is 0 Å². The first-order chi connectivity index (χ1) is 17.9. The summed E-state index contributed by atoms with van der Waals surface area (Å²) in [5.41, 5.74) is -1.86. The van der Waals surface area contributed by atoms with Crippen LogP contribution in [0.5, 0.6) is 28.7 Å². The summed E-state index contributed by atoms with van der Waals surface area (Å²) in [5.74, 6) is -9.48. The number of carboxylic acids is 3. The molecule has 0 aliphatic rings. The highest BCUT2D eigenvalue weighted by Crippen LogP contribution is 2.41. The summed E-state index contributed by atoms with van der Waals surface area (Å²) in [4.78, 5) is 47.5. The molecule has 0 amide bonds. The molecule has 0 aliphatic carbocycles. The maximum absolute atomic E-state index is 13.0. The average molecular weight is 520 g/mol. The van der Waals surface area contributed by atoms with E-state index in [0.29, 0.717) is 0 Å². The van der Waals surface area contributed by atoms with Gasteiger partial charge in [-0.1, -0.05) is 12.1 Å². The lowest BCUT2D eigenvalue weighted by molar-refractivity contribution is 0.0665. The number of aromatic carboxylic acids is 3. The normalized spacial score (nSPS) is 10.7. The number of phenols is 4. The van der Waals surface area contributed by atoms with Crippen molar-refractivity contribution >= 4 is 34.6 Å². The van der Waals surface area contributed by atoms with Crippen LogP contribution < -0.4 is 4.74 Å². The molecule has 4 aromatic rings. The standard InChI is InChI=1S/C26H16O12/c27-17-5-1-10(7-15(17)24(33)34)11-2-6-18(28)16(8-11)26(37)38-19-9-14-12(22(30)20(19)25(35)36)3-4-13(21(14)29)23(31)32/h1-9,27-30H,(H,31,32)(H,33,34)(H,35,36). The number of carbonyl (C=O) groups excluding carboxylic acids is 1. The van der Waals surface area contributed by atoms with Crippen molar-refractivity contribution in [2.75, 3.05) is 0 Å². The molecule has 0 aromatic heterocycles. The van der Waals surface area contributed by atoms with E-state index in [1.54, 1.807) is 0 Å². The van der Waals surface area contributed by atoms with E-state index >= 15 is 0 Å². The molecule has 12 nitrogen and oxygen atoms in total. The molecule has 0 radical (unpaired) electrons. The third kappa shape index (κ3) is 4.33. The van der Waals surface area contributed by atoms with E-state index in [-0.39, 0.29) is 21.9 Å². The van der Waals surface area contributed by atoms with Crippen LogP contribution in [0.15, 0.2) is 54.6 Å². The smallest absolute Gasteiger partial charge is 0.347 e. The molecule has 7 N–H and O–H groups in total. The van der Waals surface area contributed by atoms with E-state index in [1.165, 1.54) is 12.1 Å². The topological polar surface area (TPSA) is 219 Å². The van der Waals surface area contributed by atoms with Gasteiger partial charge in [0.05, 0.1) is 0 Å². The van der Waals surface area contributed by atoms with Crippen molar-refractivity contribution in [3.05, 3.63) is 76.9 Å². The van der Waals surface area contributed by atoms with E-state index in [1.807, 2.05) is 0 Å². The van der Waals surface area contributed by atoms with Gasteiger partial charge >= 0.3 is 23.9 Å². The van der Waals surface area contributed by atoms with Gasteiger partial charge in [0.25, 0.3) is 0 Å². The molecular weight excluding hydrogens is 504 g/mol. The third-order valence-electron chi connectivity index (χ3n) is 5.65. The number of hydrogen-bond donors (Lipinski definition) is 7. The Bertz CT molecular complexity index is 1690. The van der Waals surface area contributed by atoms with E-state index in [0.717, 1.165) is 42.5 Å². The van der Waals surface area contributed by atoms with Crippen LogP contribution in [0, 0.1) is 0 Å². The predicted octanol–water partition coefficient (Wildman–Crippen LogP) is 3.64. The number of ether oxygens (including phenoxy) is 1. The summed E-state index contributed by atoms with van der Waals surface area (Å²) in [6, 6.07) is 10.1. The van der Waals surface area contributed by atoms with Crippen molar-refractivity contribution in [3.63, 3.8) is 0 Å². The number of phenolic OH excluding ortho intramolecular Hbond substituents is 1. The number of carboxylic acid groups (broad SMARTS) is 3. The van der Waals surface area contributed by atoms with E-state index in [9.17, 15) is 54.9 Å². The molecule has 38 heavy (non-hydrogen) atoms. The molecule has 0 unspecified atom stereocenters. The maximum atomic E-state index is 13.0. The minimum Gasteiger partial charge on any atom is -0.507 e. The minimum absolute atomic E-state index is 0.223. The summed E-state index contributed by atoms with van der Waals surface area (Å²) < 4.78 is 5.16. The van der Waals surface area contributed by atoms with Crippen LogP contribution in [-0.4, -0.2) is 59.6 Å². The minimum atomic E-state index is -1.71. The highest BCUT2D eigenvalue weighted by Gasteiger charge is 2.26. The first-order valence-corrected chi connectivity index (χ1v) is 10.5. The largest absolute Gasteiger partial charge is 0.507 e. The Morgan fingerprint density at radius 2 is 1.11 bits per heavy atom. The zero-order valence-corrected chi connectivity index (χ0v) is 18.9. The second-order valence-electron chi connectivity index (χ2n) is 7.92. The monoisotopic (exact) mass is 520 g/mol. The zero-order valence-electron chi connectivity index (χ0n) is 18.9. The second-order valence-corrected chi connectivity index (χ2v) is 7.92. The van der Waals surface area contributed by atoms with Crippen LogP contribution >= 0.6 is 0 Å². The van der Waals surface area contributed by atoms with Gasteiger partial charge in [-0.2, -0.15) is 0 Å². The lowest BCUT2D eigenvalue weighted by atomic mass is 9.99. The first-order valence-electron chi connectivity index (χ1n) is 10.5. The molecule has 192 valence electrons. The SMILES string of the molecule is O=C(O)c1cc(-c2ccc(O)c(C(=O)Oc3cc4c(O)c(C(=O)O)ccc4c(O)c3C(=O)O)c2)ccc1O. The zero-order chi connectivity index (χ0) is 27.9. The van der Waals surface area contributed by atoms with Gasteiger partial charge in [-0.05, 0) is 53.6 Å². The van der Waals surface area contributed by atoms with Gasteiger partial charge in [0.2, 0.25) is 0 Å². The van der Waals surface area contributed by atoms with Crippen molar-refractivity contribution in [2.24, 2.45) is 0 Å².